The number of nitriles is 1. The van der Waals surface area contributed by atoms with Crippen LogP contribution in [0.4, 0.5) is 0 Å². The second-order valence-electron chi connectivity index (χ2n) is 5.33. The fraction of sp³-hybridized carbons (Fsp3) is 0.471. The Hall–Kier alpha value is -1.80. The minimum atomic E-state index is -1.22. The molecule has 0 unspecified atom stereocenters. The predicted molar refractivity (Wildman–Crippen MR) is 86.7 cm³/mol. The topological polar surface area (TPSA) is 61.2 Å². The summed E-state index contributed by atoms with van der Waals surface area (Å²) in [6.07, 6.45) is 2.98. The molecule has 1 amide bonds. The van der Waals surface area contributed by atoms with Crippen molar-refractivity contribution in [1.82, 2.24) is 4.90 Å². The molecule has 0 spiro atoms. The summed E-state index contributed by atoms with van der Waals surface area (Å²) in [5, 5.41) is 9.24. The number of thioether (sulfide) groups is 1. The number of carbonyl (C=O) groups is 2. The summed E-state index contributed by atoms with van der Waals surface area (Å²) in [4.78, 5) is 27.4. The minimum absolute atomic E-state index is 0.352. The van der Waals surface area contributed by atoms with Gasteiger partial charge in [-0.3, -0.25) is 9.59 Å². The molecule has 4 nitrogen and oxygen atoms in total. The Balaban J connectivity index is 2.07. The van der Waals surface area contributed by atoms with Crippen LogP contribution in [0.2, 0.25) is 0 Å². The molecule has 1 heterocycles. The van der Waals surface area contributed by atoms with Crippen LogP contribution in [0.3, 0.4) is 0 Å². The molecule has 0 bridgehead atoms. The van der Waals surface area contributed by atoms with E-state index >= 15 is 0 Å². The summed E-state index contributed by atoms with van der Waals surface area (Å²) < 4.78 is 0. The van der Waals surface area contributed by atoms with Crippen LogP contribution >= 0.6 is 11.8 Å². The lowest BCUT2D eigenvalue weighted by Gasteiger charge is -2.18. The third-order valence-corrected chi connectivity index (χ3v) is 4.89. The van der Waals surface area contributed by atoms with E-state index in [0.717, 1.165) is 29.9 Å². The Morgan fingerprint density at radius 1 is 1.27 bits per heavy atom. The fourth-order valence-electron chi connectivity index (χ4n) is 2.45. The average Bonchev–Trinajstić information content (AvgIpc) is 3.08. The van der Waals surface area contributed by atoms with E-state index in [-0.39, 0.29) is 5.91 Å². The Morgan fingerprint density at radius 3 is 2.45 bits per heavy atom. The molecule has 5 heteroatoms. The van der Waals surface area contributed by atoms with Crippen molar-refractivity contribution in [2.75, 3.05) is 18.8 Å². The van der Waals surface area contributed by atoms with Gasteiger partial charge in [0.15, 0.2) is 11.7 Å². The minimum Gasteiger partial charge on any atom is -0.341 e. The first kappa shape index (κ1) is 16.6. The quantitative estimate of drug-likeness (QED) is 0.459. The molecule has 1 aliphatic rings. The Morgan fingerprint density at radius 2 is 1.91 bits per heavy atom. The highest BCUT2D eigenvalue weighted by Gasteiger charge is 2.32. The van der Waals surface area contributed by atoms with Crippen LogP contribution in [0.25, 0.3) is 0 Å². The summed E-state index contributed by atoms with van der Waals surface area (Å²) in [5.41, 5.74) is 0.431. The third-order valence-electron chi connectivity index (χ3n) is 3.67. The van der Waals surface area contributed by atoms with E-state index in [1.165, 1.54) is 0 Å². The van der Waals surface area contributed by atoms with E-state index in [1.54, 1.807) is 28.8 Å². The molecule has 1 aromatic carbocycles. The van der Waals surface area contributed by atoms with Crippen molar-refractivity contribution in [3.63, 3.8) is 0 Å². The molecule has 1 aromatic rings. The van der Waals surface area contributed by atoms with E-state index in [2.05, 4.69) is 6.92 Å². The van der Waals surface area contributed by atoms with Gasteiger partial charge in [-0.05, 0) is 37.1 Å². The first-order chi connectivity index (χ1) is 10.7. The molecule has 116 valence electrons. The van der Waals surface area contributed by atoms with Crippen molar-refractivity contribution in [3.05, 3.63) is 29.8 Å². The summed E-state index contributed by atoms with van der Waals surface area (Å²) in [7, 11) is 0. The highest BCUT2D eigenvalue weighted by atomic mass is 32.2. The van der Waals surface area contributed by atoms with Gasteiger partial charge in [0, 0.05) is 23.5 Å². The van der Waals surface area contributed by atoms with Crippen LogP contribution in [0.1, 0.15) is 36.5 Å². The first-order valence-corrected chi connectivity index (χ1v) is 8.61. The Bertz CT molecular complexity index is 571. The molecule has 1 atom stereocenters. The van der Waals surface area contributed by atoms with E-state index in [1.807, 2.05) is 18.2 Å². The van der Waals surface area contributed by atoms with Gasteiger partial charge in [-0.1, -0.05) is 19.1 Å². The number of benzene rings is 1. The van der Waals surface area contributed by atoms with Gasteiger partial charge in [0.05, 0.1) is 6.07 Å². The van der Waals surface area contributed by atoms with Crippen LogP contribution in [-0.2, 0) is 4.79 Å². The summed E-state index contributed by atoms with van der Waals surface area (Å²) in [5.74, 6) is -0.935. The first-order valence-electron chi connectivity index (χ1n) is 7.63. The van der Waals surface area contributed by atoms with Gasteiger partial charge >= 0.3 is 0 Å². The van der Waals surface area contributed by atoms with Gasteiger partial charge in [-0.2, -0.15) is 5.26 Å². The molecule has 0 saturated carbocycles. The maximum atomic E-state index is 12.4. The number of ketones is 1. The van der Waals surface area contributed by atoms with Crippen LogP contribution < -0.4 is 0 Å². The maximum absolute atomic E-state index is 12.4. The number of carbonyl (C=O) groups excluding carboxylic acids is 2. The fourth-order valence-corrected chi connectivity index (χ4v) is 3.22. The molecule has 0 N–H and O–H groups in total. The number of rotatable bonds is 6. The lowest BCUT2D eigenvalue weighted by Crippen LogP contribution is -2.37. The molecule has 2 rings (SSSR count). The van der Waals surface area contributed by atoms with Gasteiger partial charge < -0.3 is 4.90 Å². The third kappa shape index (κ3) is 3.89. The van der Waals surface area contributed by atoms with Gasteiger partial charge in [-0.25, -0.2) is 0 Å². The number of likely N-dealkylation sites (tertiary alicyclic amines) is 1. The maximum Gasteiger partial charge on any atom is 0.247 e. The molecule has 0 aromatic heterocycles. The lowest BCUT2D eigenvalue weighted by atomic mass is 9.97. The smallest absolute Gasteiger partial charge is 0.247 e. The normalized spacial score (nSPS) is 15.4. The molecule has 0 radical (unpaired) electrons. The van der Waals surface area contributed by atoms with E-state index < -0.39 is 11.7 Å². The second-order valence-corrected chi connectivity index (χ2v) is 6.50. The standard InChI is InChI=1S/C17H20N2O2S/c1-2-11-22-14-7-5-13(6-8-14)16(20)15(12-18)17(21)19-9-3-4-10-19/h5-8,15H,2-4,9-11H2,1H3/t15-/m0/s1. The molecule has 1 saturated heterocycles. The second kappa shape index (κ2) is 8.00. The van der Waals surface area contributed by atoms with E-state index in [4.69, 9.17) is 0 Å². The summed E-state index contributed by atoms with van der Waals surface area (Å²) in [6, 6.07) is 9.06. The van der Waals surface area contributed by atoms with Crippen LogP contribution in [-0.4, -0.2) is 35.4 Å². The zero-order valence-electron chi connectivity index (χ0n) is 12.7. The van der Waals surface area contributed by atoms with Gasteiger partial charge in [-0.15, -0.1) is 11.8 Å². The van der Waals surface area contributed by atoms with Gasteiger partial charge in [0.25, 0.3) is 0 Å². The molecule has 1 fully saturated rings. The molecule has 1 aliphatic heterocycles. The van der Waals surface area contributed by atoms with E-state index in [9.17, 15) is 14.9 Å². The Kier molecular flexibility index (Phi) is 6.02. The zero-order chi connectivity index (χ0) is 15.9. The predicted octanol–water partition coefficient (Wildman–Crippen LogP) is 3.13. The van der Waals surface area contributed by atoms with Crippen molar-refractivity contribution in [2.24, 2.45) is 5.92 Å². The van der Waals surface area contributed by atoms with Gasteiger partial charge in [0.1, 0.15) is 0 Å². The van der Waals surface area contributed by atoms with Crippen LogP contribution in [0, 0.1) is 17.2 Å². The monoisotopic (exact) mass is 316 g/mol. The van der Waals surface area contributed by atoms with Crippen molar-refractivity contribution in [1.29, 1.82) is 5.26 Å². The summed E-state index contributed by atoms with van der Waals surface area (Å²) >= 11 is 1.73. The van der Waals surface area contributed by atoms with Crippen molar-refractivity contribution < 1.29 is 9.59 Å². The van der Waals surface area contributed by atoms with Crippen molar-refractivity contribution in [3.8, 4) is 6.07 Å². The zero-order valence-corrected chi connectivity index (χ0v) is 13.6. The van der Waals surface area contributed by atoms with Crippen molar-refractivity contribution >= 4 is 23.5 Å². The molecule has 0 aliphatic carbocycles. The lowest BCUT2D eigenvalue weighted by molar-refractivity contribution is -0.131. The average molecular weight is 316 g/mol. The largest absolute Gasteiger partial charge is 0.341 e. The number of amides is 1. The SMILES string of the molecule is CCCSc1ccc(C(=O)[C@H](C#N)C(=O)N2CCCC2)cc1. The Labute approximate surface area is 135 Å². The number of hydrogen-bond donors (Lipinski definition) is 0. The summed E-state index contributed by atoms with van der Waals surface area (Å²) in [6.45, 7) is 3.42. The van der Waals surface area contributed by atoms with Crippen LogP contribution in [0.5, 0.6) is 0 Å². The van der Waals surface area contributed by atoms with Crippen molar-refractivity contribution in [2.45, 2.75) is 31.1 Å². The number of nitrogens with zero attached hydrogens (tertiary/aromatic N) is 2. The highest BCUT2D eigenvalue weighted by molar-refractivity contribution is 7.99. The molecular formula is C17H20N2O2S. The highest BCUT2D eigenvalue weighted by Crippen LogP contribution is 2.21. The van der Waals surface area contributed by atoms with Crippen LogP contribution in [0.15, 0.2) is 29.2 Å². The van der Waals surface area contributed by atoms with E-state index in [0.29, 0.717) is 18.7 Å². The molecular weight excluding hydrogens is 296 g/mol. The number of Topliss-reactive ketones (excluding diaryl/α,β-unsaturated/α-hetero) is 1. The molecule has 22 heavy (non-hydrogen) atoms. The van der Waals surface area contributed by atoms with Gasteiger partial charge in [0.2, 0.25) is 5.91 Å². The number of hydrogen-bond acceptors (Lipinski definition) is 4.